The Hall–Kier alpha value is -1.05. The van der Waals surface area contributed by atoms with E-state index in [1.165, 1.54) is 12.8 Å². The van der Waals surface area contributed by atoms with Gasteiger partial charge in [0, 0.05) is 10.5 Å². The van der Waals surface area contributed by atoms with Crippen molar-refractivity contribution in [1.29, 1.82) is 5.26 Å². The van der Waals surface area contributed by atoms with Crippen LogP contribution in [0, 0.1) is 17.2 Å². The van der Waals surface area contributed by atoms with Crippen molar-refractivity contribution < 1.29 is 0 Å². The molecule has 2 unspecified atom stereocenters. The second-order valence-electron chi connectivity index (χ2n) is 4.48. The van der Waals surface area contributed by atoms with Gasteiger partial charge in [0.1, 0.15) is 6.07 Å². The Morgan fingerprint density at radius 2 is 2.29 bits per heavy atom. The number of hydrogen-bond donors (Lipinski definition) is 2. The van der Waals surface area contributed by atoms with Gasteiger partial charge in [-0.2, -0.15) is 5.26 Å². The third kappa shape index (κ3) is 2.80. The molecule has 2 atom stereocenters. The highest BCUT2D eigenvalue weighted by atomic mass is 79.9. The van der Waals surface area contributed by atoms with Crippen LogP contribution in [-0.2, 0) is 0 Å². The Kier molecular flexibility index (Phi) is 4.03. The minimum absolute atomic E-state index is 0.410. The molecule has 1 aliphatic rings. The predicted octanol–water partition coefficient (Wildman–Crippen LogP) is 2.86. The van der Waals surface area contributed by atoms with Crippen LogP contribution in [0.15, 0.2) is 22.7 Å². The second-order valence-corrected chi connectivity index (χ2v) is 5.39. The largest absolute Gasteiger partial charge is 0.381 e. The predicted molar refractivity (Wildman–Crippen MR) is 72.7 cm³/mol. The third-order valence-electron chi connectivity index (χ3n) is 3.40. The summed E-state index contributed by atoms with van der Waals surface area (Å²) in [6.07, 6.45) is 3.55. The SMILES string of the molecule is N#Cc1cc(Br)ccc1NC1CCCC1CN. The van der Waals surface area contributed by atoms with E-state index in [4.69, 9.17) is 11.0 Å². The monoisotopic (exact) mass is 293 g/mol. The van der Waals surface area contributed by atoms with Crippen LogP contribution in [-0.4, -0.2) is 12.6 Å². The van der Waals surface area contributed by atoms with Gasteiger partial charge in [-0.25, -0.2) is 0 Å². The Morgan fingerprint density at radius 1 is 1.47 bits per heavy atom. The van der Waals surface area contributed by atoms with Crippen molar-refractivity contribution in [3.63, 3.8) is 0 Å². The van der Waals surface area contributed by atoms with E-state index in [1.54, 1.807) is 0 Å². The highest BCUT2D eigenvalue weighted by molar-refractivity contribution is 9.10. The smallest absolute Gasteiger partial charge is 0.101 e. The lowest BCUT2D eigenvalue weighted by Gasteiger charge is -2.21. The fraction of sp³-hybridized carbons (Fsp3) is 0.462. The zero-order valence-corrected chi connectivity index (χ0v) is 11.2. The fourth-order valence-electron chi connectivity index (χ4n) is 2.44. The van der Waals surface area contributed by atoms with Crippen molar-refractivity contribution in [1.82, 2.24) is 0 Å². The number of halogens is 1. The van der Waals surface area contributed by atoms with Crippen molar-refractivity contribution in [3.05, 3.63) is 28.2 Å². The summed E-state index contributed by atoms with van der Waals surface area (Å²) in [5.74, 6) is 0.533. The summed E-state index contributed by atoms with van der Waals surface area (Å²) in [5.41, 5.74) is 7.36. The van der Waals surface area contributed by atoms with Crippen molar-refractivity contribution >= 4 is 21.6 Å². The summed E-state index contributed by atoms with van der Waals surface area (Å²) >= 11 is 3.38. The minimum Gasteiger partial charge on any atom is -0.381 e. The number of nitrogens with two attached hydrogens (primary N) is 1. The molecule has 17 heavy (non-hydrogen) atoms. The molecule has 2 rings (SSSR count). The van der Waals surface area contributed by atoms with Crippen molar-refractivity contribution in [2.75, 3.05) is 11.9 Å². The van der Waals surface area contributed by atoms with E-state index < -0.39 is 0 Å². The normalized spacial score (nSPS) is 23.4. The van der Waals surface area contributed by atoms with Gasteiger partial charge in [0.05, 0.1) is 11.3 Å². The number of hydrogen-bond acceptors (Lipinski definition) is 3. The standard InChI is InChI=1S/C13H16BrN3/c14-11-4-5-13(10(6-11)8-16)17-12-3-1-2-9(12)7-15/h4-6,9,12,17H,1-3,7,15H2. The van der Waals surface area contributed by atoms with Gasteiger partial charge in [-0.15, -0.1) is 0 Å². The van der Waals surface area contributed by atoms with Gasteiger partial charge in [0.25, 0.3) is 0 Å². The molecule has 3 N–H and O–H groups in total. The Balaban J connectivity index is 2.16. The van der Waals surface area contributed by atoms with E-state index in [-0.39, 0.29) is 0 Å². The van der Waals surface area contributed by atoms with Crippen LogP contribution in [0.1, 0.15) is 24.8 Å². The molecule has 90 valence electrons. The first-order valence-electron chi connectivity index (χ1n) is 5.91. The van der Waals surface area contributed by atoms with Crippen LogP contribution < -0.4 is 11.1 Å². The van der Waals surface area contributed by atoms with Gasteiger partial charge in [-0.1, -0.05) is 22.4 Å². The summed E-state index contributed by atoms with van der Waals surface area (Å²) in [6.45, 7) is 0.718. The number of nitrogens with zero attached hydrogens (tertiary/aromatic N) is 1. The average Bonchev–Trinajstić information content (AvgIpc) is 2.78. The maximum Gasteiger partial charge on any atom is 0.101 e. The molecule has 0 radical (unpaired) electrons. The number of nitriles is 1. The van der Waals surface area contributed by atoms with Gasteiger partial charge in [0.2, 0.25) is 0 Å². The molecule has 0 heterocycles. The van der Waals surface area contributed by atoms with Crippen LogP contribution in [0.4, 0.5) is 5.69 Å². The van der Waals surface area contributed by atoms with Crippen LogP contribution in [0.2, 0.25) is 0 Å². The highest BCUT2D eigenvalue weighted by Gasteiger charge is 2.26. The summed E-state index contributed by atoms with van der Waals surface area (Å²) < 4.78 is 0.932. The summed E-state index contributed by atoms with van der Waals surface area (Å²) in [7, 11) is 0. The number of nitrogens with one attached hydrogen (secondary N) is 1. The third-order valence-corrected chi connectivity index (χ3v) is 3.90. The van der Waals surface area contributed by atoms with Gasteiger partial charge in [0.15, 0.2) is 0 Å². The Morgan fingerprint density at radius 3 is 3.00 bits per heavy atom. The molecule has 3 nitrogen and oxygen atoms in total. The van der Waals surface area contributed by atoms with Gasteiger partial charge in [-0.05, 0) is 43.5 Å². The first kappa shape index (κ1) is 12.4. The summed E-state index contributed by atoms with van der Waals surface area (Å²) in [5, 5.41) is 12.6. The molecule has 0 spiro atoms. The molecule has 0 bridgehead atoms. The van der Waals surface area contributed by atoms with Crippen LogP contribution in [0.3, 0.4) is 0 Å². The van der Waals surface area contributed by atoms with Crippen LogP contribution >= 0.6 is 15.9 Å². The van der Waals surface area contributed by atoms with Crippen LogP contribution in [0.25, 0.3) is 0 Å². The second kappa shape index (κ2) is 5.52. The number of benzene rings is 1. The van der Waals surface area contributed by atoms with E-state index in [0.29, 0.717) is 17.5 Å². The van der Waals surface area contributed by atoms with E-state index in [2.05, 4.69) is 27.3 Å². The number of rotatable bonds is 3. The summed E-state index contributed by atoms with van der Waals surface area (Å²) in [6, 6.07) is 8.38. The molecule has 0 aliphatic heterocycles. The van der Waals surface area contributed by atoms with Gasteiger partial charge in [-0.3, -0.25) is 0 Å². The van der Waals surface area contributed by atoms with Crippen molar-refractivity contribution in [3.8, 4) is 6.07 Å². The fourth-order valence-corrected chi connectivity index (χ4v) is 2.80. The zero-order chi connectivity index (χ0) is 12.3. The topological polar surface area (TPSA) is 61.8 Å². The molecule has 1 saturated carbocycles. The molecular formula is C13H16BrN3. The summed E-state index contributed by atoms with van der Waals surface area (Å²) in [4.78, 5) is 0. The minimum atomic E-state index is 0.410. The maximum absolute atomic E-state index is 9.10. The van der Waals surface area contributed by atoms with Gasteiger partial charge >= 0.3 is 0 Å². The quantitative estimate of drug-likeness (QED) is 0.901. The van der Waals surface area contributed by atoms with Gasteiger partial charge < -0.3 is 11.1 Å². The van der Waals surface area contributed by atoms with Crippen LogP contribution in [0.5, 0.6) is 0 Å². The molecule has 0 saturated heterocycles. The van der Waals surface area contributed by atoms with Crippen molar-refractivity contribution in [2.24, 2.45) is 11.7 Å². The average molecular weight is 294 g/mol. The zero-order valence-electron chi connectivity index (χ0n) is 9.62. The molecule has 1 aromatic carbocycles. The molecule has 1 fully saturated rings. The van der Waals surface area contributed by atoms with E-state index in [9.17, 15) is 0 Å². The lowest BCUT2D eigenvalue weighted by molar-refractivity contribution is 0.516. The maximum atomic E-state index is 9.10. The lowest BCUT2D eigenvalue weighted by atomic mass is 10.0. The molecule has 4 heteroatoms. The molecule has 0 aromatic heterocycles. The van der Waals surface area contributed by atoms with E-state index in [1.807, 2.05) is 18.2 Å². The molecule has 0 amide bonds. The molecule has 1 aromatic rings. The van der Waals surface area contributed by atoms with E-state index >= 15 is 0 Å². The molecule has 1 aliphatic carbocycles. The van der Waals surface area contributed by atoms with Crippen molar-refractivity contribution in [2.45, 2.75) is 25.3 Å². The lowest BCUT2D eigenvalue weighted by Crippen LogP contribution is -2.29. The molecular weight excluding hydrogens is 278 g/mol. The Labute approximate surface area is 110 Å². The first-order valence-corrected chi connectivity index (χ1v) is 6.70. The highest BCUT2D eigenvalue weighted by Crippen LogP contribution is 2.29. The Bertz CT molecular complexity index is 439. The number of anilines is 1. The first-order chi connectivity index (χ1) is 8.24. The van der Waals surface area contributed by atoms with E-state index in [0.717, 1.165) is 23.1 Å².